The van der Waals surface area contributed by atoms with Gasteiger partial charge in [0, 0.05) is 23.1 Å². The first-order valence-corrected chi connectivity index (χ1v) is 10.9. The van der Waals surface area contributed by atoms with E-state index >= 15 is 0 Å². The summed E-state index contributed by atoms with van der Waals surface area (Å²) in [6.07, 6.45) is 5.92. The van der Waals surface area contributed by atoms with Crippen molar-refractivity contribution < 1.29 is 4.79 Å². The highest BCUT2D eigenvalue weighted by Gasteiger charge is 2.59. The number of hydrogen-bond acceptors (Lipinski definition) is 5. The van der Waals surface area contributed by atoms with Gasteiger partial charge in [-0.2, -0.15) is 5.26 Å². The molecule has 2 fully saturated rings. The lowest BCUT2D eigenvalue weighted by Gasteiger charge is -2.43. The second-order valence-corrected chi connectivity index (χ2v) is 8.71. The molecule has 1 aliphatic carbocycles. The second-order valence-electron chi connectivity index (χ2n) is 8.35. The Morgan fingerprint density at radius 1 is 1.00 bits per heavy atom. The third-order valence-corrected chi connectivity index (χ3v) is 6.76. The van der Waals surface area contributed by atoms with E-state index in [1.165, 1.54) is 0 Å². The van der Waals surface area contributed by atoms with Gasteiger partial charge in [-0.1, -0.05) is 18.2 Å². The number of rotatable bonds is 3. The van der Waals surface area contributed by atoms with Crippen molar-refractivity contribution in [2.75, 3.05) is 9.80 Å². The second kappa shape index (κ2) is 7.50. The Kier molecular flexibility index (Phi) is 4.75. The van der Waals surface area contributed by atoms with Crippen LogP contribution >= 0.6 is 12.2 Å². The van der Waals surface area contributed by atoms with Gasteiger partial charge >= 0.3 is 0 Å². The van der Waals surface area contributed by atoms with Crippen LogP contribution in [0.1, 0.15) is 36.2 Å². The summed E-state index contributed by atoms with van der Waals surface area (Å²) in [5.41, 5.74) is 5.00. The van der Waals surface area contributed by atoms with E-state index < -0.39 is 5.54 Å². The third kappa shape index (κ3) is 2.99. The molecule has 158 valence electrons. The summed E-state index contributed by atoms with van der Waals surface area (Å²) >= 11 is 5.83. The topological polar surface area (TPSA) is 73.1 Å². The fraction of sp³-hybridized carbons (Fsp3) is 0.240. The average molecular weight is 440 g/mol. The maximum atomic E-state index is 13.6. The van der Waals surface area contributed by atoms with E-state index in [1.807, 2.05) is 55.3 Å². The zero-order valence-electron chi connectivity index (χ0n) is 17.9. The first-order valence-electron chi connectivity index (χ1n) is 10.5. The standard InChI is InChI=1S/C25H21N5OS/c1-16-12-21(15-28-22(16)13-26)29-23(31)25(10-3-11-25)30(24(29)32)20-8-6-18(7-9-20)19-5-4-17(2)27-14-19/h4-9,12,14-15H,3,10-11H2,1-2H3. The van der Waals surface area contributed by atoms with Crippen molar-refractivity contribution in [1.29, 1.82) is 5.26 Å². The predicted octanol–water partition coefficient (Wildman–Crippen LogP) is 4.69. The smallest absolute Gasteiger partial charge is 0.259 e. The summed E-state index contributed by atoms with van der Waals surface area (Å²) in [5.74, 6) is -0.0218. The summed E-state index contributed by atoms with van der Waals surface area (Å²) < 4.78 is 0. The van der Waals surface area contributed by atoms with Gasteiger partial charge in [0.15, 0.2) is 5.11 Å². The van der Waals surface area contributed by atoms with Crippen LogP contribution in [0.2, 0.25) is 0 Å². The van der Waals surface area contributed by atoms with Crippen molar-refractivity contribution in [3.8, 4) is 17.2 Å². The van der Waals surface area contributed by atoms with Gasteiger partial charge in [-0.05, 0) is 80.7 Å². The number of aryl methyl sites for hydroxylation is 2. The van der Waals surface area contributed by atoms with Gasteiger partial charge in [0.1, 0.15) is 17.3 Å². The molecule has 6 nitrogen and oxygen atoms in total. The number of aromatic nitrogens is 2. The van der Waals surface area contributed by atoms with Gasteiger partial charge in [-0.15, -0.1) is 0 Å². The van der Waals surface area contributed by atoms with Gasteiger partial charge in [0.2, 0.25) is 0 Å². The lowest BCUT2D eigenvalue weighted by atomic mass is 9.75. The van der Waals surface area contributed by atoms with Crippen molar-refractivity contribution in [3.05, 3.63) is 71.8 Å². The van der Waals surface area contributed by atoms with Crippen LogP contribution in [-0.4, -0.2) is 26.5 Å². The minimum absolute atomic E-state index is 0.0218. The fourth-order valence-electron chi connectivity index (χ4n) is 4.45. The van der Waals surface area contributed by atoms with Gasteiger partial charge in [0.25, 0.3) is 5.91 Å². The number of hydrogen-bond donors (Lipinski definition) is 0. The van der Waals surface area contributed by atoms with Crippen LogP contribution in [0.5, 0.6) is 0 Å². The minimum Gasteiger partial charge on any atom is -0.303 e. The molecule has 3 aromatic rings. The Labute approximate surface area is 192 Å². The highest BCUT2D eigenvalue weighted by Crippen LogP contribution is 2.48. The van der Waals surface area contributed by atoms with Crippen molar-refractivity contribution >= 4 is 34.6 Å². The molecular formula is C25H21N5OS. The number of carbonyl (C=O) groups is 1. The summed E-state index contributed by atoms with van der Waals surface area (Å²) in [6, 6.07) is 16.0. The molecule has 2 aromatic heterocycles. The molecule has 0 bridgehead atoms. The molecule has 1 amide bonds. The average Bonchev–Trinajstić information content (AvgIpc) is 3.01. The molecule has 0 radical (unpaired) electrons. The highest BCUT2D eigenvalue weighted by molar-refractivity contribution is 7.81. The minimum atomic E-state index is -0.647. The largest absolute Gasteiger partial charge is 0.303 e. The third-order valence-electron chi connectivity index (χ3n) is 6.39. The number of thiocarbonyl (C=S) groups is 1. The number of nitrogens with zero attached hydrogens (tertiary/aromatic N) is 5. The number of benzene rings is 1. The van der Waals surface area contributed by atoms with Crippen molar-refractivity contribution in [3.63, 3.8) is 0 Å². The number of anilines is 2. The molecule has 0 atom stereocenters. The van der Waals surface area contributed by atoms with Crippen molar-refractivity contribution in [2.24, 2.45) is 0 Å². The summed E-state index contributed by atoms with van der Waals surface area (Å²) in [4.78, 5) is 25.8. The molecular weight excluding hydrogens is 418 g/mol. The first kappa shape index (κ1) is 20.3. The van der Waals surface area contributed by atoms with Gasteiger partial charge in [-0.25, -0.2) is 4.98 Å². The molecule has 7 heteroatoms. The van der Waals surface area contributed by atoms with E-state index in [4.69, 9.17) is 12.2 Å². The first-order chi connectivity index (χ1) is 15.4. The summed E-state index contributed by atoms with van der Waals surface area (Å²) in [5, 5.41) is 9.64. The number of nitriles is 1. The van der Waals surface area contributed by atoms with E-state index in [0.29, 0.717) is 16.5 Å². The normalized spacial score (nSPS) is 16.9. The van der Waals surface area contributed by atoms with Crippen LogP contribution in [0.4, 0.5) is 11.4 Å². The number of amides is 1. The van der Waals surface area contributed by atoms with Crippen molar-refractivity contribution in [2.45, 2.75) is 38.6 Å². The van der Waals surface area contributed by atoms with Gasteiger partial charge < -0.3 is 4.90 Å². The zero-order chi connectivity index (χ0) is 22.5. The summed E-state index contributed by atoms with van der Waals surface area (Å²) in [7, 11) is 0. The molecule has 32 heavy (non-hydrogen) atoms. The molecule has 0 unspecified atom stereocenters. The predicted molar refractivity (Wildman–Crippen MR) is 127 cm³/mol. The number of pyridine rings is 2. The van der Waals surface area contributed by atoms with E-state index in [2.05, 4.69) is 22.1 Å². The fourth-order valence-corrected chi connectivity index (χ4v) is 4.92. The zero-order valence-corrected chi connectivity index (χ0v) is 18.7. The molecule has 1 spiro atoms. The van der Waals surface area contributed by atoms with Crippen LogP contribution in [0.15, 0.2) is 54.9 Å². The molecule has 1 saturated carbocycles. The lowest BCUT2D eigenvalue weighted by Crippen LogP contribution is -2.55. The van der Waals surface area contributed by atoms with E-state index in [1.54, 1.807) is 17.2 Å². The molecule has 5 rings (SSSR count). The summed E-state index contributed by atoms with van der Waals surface area (Å²) in [6.45, 7) is 3.78. The molecule has 1 saturated heterocycles. The Morgan fingerprint density at radius 3 is 2.28 bits per heavy atom. The Bertz CT molecular complexity index is 1270. The monoisotopic (exact) mass is 439 g/mol. The van der Waals surface area contributed by atoms with Crippen LogP contribution in [-0.2, 0) is 4.79 Å². The van der Waals surface area contributed by atoms with Crippen LogP contribution in [0, 0.1) is 25.2 Å². The maximum Gasteiger partial charge on any atom is 0.259 e. The Hall–Kier alpha value is -3.63. The maximum absolute atomic E-state index is 13.6. The Balaban J connectivity index is 1.52. The van der Waals surface area contributed by atoms with Gasteiger partial charge in [0.05, 0.1) is 11.9 Å². The molecule has 3 heterocycles. The van der Waals surface area contributed by atoms with E-state index in [0.717, 1.165) is 47.3 Å². The van der Waals surface area contributed by atoms with Gasteiger partial charge in [-0.3, -0.25) is 14.7 Å². The van der Waals surface area contributed by atoms with E-state index in [9.17, 15) is 10.1 Å². The van der Waals surface area contributed by atoms with Crippen LogP contribution < -0.4 is 9.80 Å². The lowest BCUT2D eigenvalue weighted by molar-refractivity contribution is -0.123. The molecule has 1 aromatic carbocycles. The van der Waals surface area contributed by atoms with Crippen LogP contribution in [0.3, 0.4) is 0 Å². The number of carbonyl (C=O) groups excluding carboxylic acids is 1. The van der Waals surface area contributed by atoms with E-state index in [-0.39, 0.29) is 5.91 Å². The SMILES string of the molecule is Cc1ccc(-c2ccc(N3C(=S)N(c4cnc(C#N)c(C)c4)C(=O)C34CCC4)cc2)cn1. The molecule has 2 aliphatic rings. The Morgan fingerprint density at radius 2 is 1.72 bits per heavy atom. The molecule has 1 aliphatic heterocycles. The highest BCUT2D eigenvalue weighted by atomic mass is 32.1. The molecule has 0 N–H and O–H groups in total. The van der Waals surface area contributed by atoms with Crippen LogP contribution in [0.25, 0.3) is 11.1 Å². The van der Waals surface area contributed by atoms with Crippen molar-refractivity contribution in [1.82, 2.24) is 9.97 Å². The quantitative estimate of drug-likeness (QED) is 0.551.